The Balaban J connectivity index is 1.53. The molecule has 5 heteroatoms. The van der Waals surface area contributed by atoms with Gasteiger partial charge in [0.1, 0.15) is 18.1 Å². The van der Waals surface area contributed by atoms with E-state index in [9.17, 15) is 4.79 Å². The molecule has 0 spiro atoms. The molecule has 0 saturated heterocycles. The SMILES string of the molecule is O=C(COc1ccccc1Cl)Nc1cccc(OCc2ccccc2)c1. The highest BCUT2D eigenvalue weighted by Gasteiger charge is 2.07. The lowest BCUT2D eigenvalue weighted by Gasteiger charge is -2.10. The molecule has 0 aromatic heterocycles. The van der Waals surface area contributed by atoms with E-state index in [1.54, 1.807) is 36.4 Å². The lowest BCUT2D eigenvalue weighted by Crippen LogP contribution is -2.20. The standard InChI is InChI=1S/C21H18ClNO3/c22-19-11-4-5-12-20(19)26-15-21(24)23-17-9-6-10-18(13-17)25-14-16-7-2-1-3-8-16/h1-13H,14-15H2,(H,23,24). The van der Waals surface area contributed by atoms with Gasteiger partial charge in [-0.25, -0.2) is 0 Å². The molecule has 26 heavy (non-hydrogen) atoms. The predicted molar refractivity (Wildman–Crippen MR) is 103 cm³/mol. The van der Waals surface area contributed by atoms with Gasteiger partial charge in [-0.1, -0.05) is 60.1 Å². The number of halogens is 1. The van der Waals surface area contributed by atoms with Crippen LogP contribution < -0.4 is 14.8 Å². The second-order valence-corrected chi connectivity index (χ2v) is 5.98. The number of nitrogens with one attached hydrogen (secondary N) is 1. The zero-order valence-electron chi connectivity index (χ0n) is 14.0. The number of hydrogen-bond acceptors (Lipinski definition) is 3. The van der Waals surface area contributed by atoms with E-state index in [1.165, 1.54) is 0 Å². The van der Waals surface area contributed by atoms with E-state index in [4.69, 9.17) is 21.1 Å². The molecule has 0 atom stereocenters. The van der Waals surface area contributed by atoms with Crippen LogP contribution in [0.3, 0.4) is 0 Å². The van der Waals surface area contributed by atoms with Crippen molar-refractivity contribution in [2.24, 2.45) is 0 Å². The molecule has 3 aromatic rings. The number of rotatable bonds is 7. The average molecular weight is 368 g/mol. The summed E-state index contributed by atoms with van der Waals surface area (Å²) in [6, 6.07) is 24.2. The van der Waals surface area contributed by atoms with E-state index in [0.717, 1.165) is 5.56 Å². The van der Waals surface area contributed by atoms with E-state index < -0.39 is 0 Å². The van der Waals surface area contributed by atoms with Gasteiger partial charge in [0.15, 0.2) is 6.61 Å². The number of ether oxygens (including phenoxy) is 2. The minimum Gasteiger partial charge on any atom is -0.489 e. The Hall–Kier alpha value is -2.98. The van der Waals surface area contributed by atoms with Crippen molar-refractivity contribution in [2.45, 2.75) is 6.61 Å². The predicted octanol–water partition coefficient (Wildman–Crippen LogP) is 4.94. The van der Waals surface area contributed by atoms with Crippen LogP contribution in [0.2, 0.25) is 5.02 Å². The third-order valence-corrected chi connectivity index (χ3v) is 3.87. The summed E-state index contributed by atoms with van der Waals surface area (Å²) in [6.45, 7) is 0.340. The molecule has 1 amide bonds. The molecule has 0 bridgehead atoms. The van der Waals surface area contributed by atoms with Crippen LogP contribution in [0.1, 0.15) is 5.56 Å². The van der Waals surface area contributed by atoms with E-state index in [-0.39, 0.29) is 12.5 Å². The summed E-state index contributed by atoms with van der Waals surface area (Å²) < 4.78 is 11.2. The van der Waals surface area contributed by atoms with Crippen molar-refractivity contribution in [2.75, 3.05) is 11.9 Å². The minimum atomic E-state index is -0.273. The summed E-state index contributed by atoms with van der Waals surface area (Å²) >= 11 is 6.00. The highest BCUT2D eigenvalue weighted by atomic mass is 35.5. The summed E-state index contributed by atoms with van der Waals surface area (Å²) in [5, 5.41) is 3.25. The Labute approximate surface area is 157 Å². The maximum Gasteiger partial charge on any atom is 0.262 e. The van der Waals surface area contributed by atoms with Crippen LogP contribution in [-0.2, 0) is 11.4 Å². The van der Waals surface area contributed by atoms with Gasteiger partial charge in [0.2, 0.25) is 0 Å². The number of hydrogen-bond donors (Lipinski definition) is 1. The first kappa shape index (κ1) is 17.8. The fourth-order valence-corrected chi connectivity index (χ4v) is 2.50. The van der Waals surface area contributed by atoms with Crippen molar-refractivity contribution in [1.82, 2.24) is 0 Å². The summed E-state index contributed by atoms with van der Waals surface area (Å²) in [5.74, 6) is 0.882. The molecule has 0 unspecified atom stereocenters. The minimum absolute atomic E-state index is 0.126. The summed E-state index contributed by atoms with van der Waals surface area (Å²) in [6.07, 6.45) is 0. The molecule has 1 N–H and O–H groups in total. The number of amides is 1. The van der Waals surface area contributed by atoms with Crippen molar-refractivity contribution in [3.63, 3.8) is 0 Å². The smallest absolute Gasteiger partial charge is 0.262 e. The number of carbonyl (C=O) groups is 1. The summed E-state index contributed by atoms with van der Waals surface area (Å²) in [7, 11) is 0. The lowest BCUT2D eigenvalue weighted by molar-refractivity contribution is -0.118. The number of benzene rings is 3. The van der Waals surface area contributed by atoms with Crippen molar-refractivity contribution in [3.05, 3.63) is 89.4 Å². The Morgan fingerprint density at radius 1 is 0.885 bits per heavy atom. The largest absolute Gasteiger partial charge is 0.489 e. The van der Waals surface area contributed by atoms with Gasteiger partial charge < -0.3 is 14.8 Å². The van der Waals surface area contributed by atoms with Gasteiger partial charge in [-0.15, -0.1) is 0 Å². The molecule has 0 saturated carbocycles. The van der Waals surface area contributed by atoms with E-state index in [1.807, 2.05) is 42.5 Å². The molecule has 0 aliphatic carbocycles. The van der Waals surface area contributed by atoms with Gasteiger partial charge >= 0.3 is 0 Å². The van der Waals surface area contributed by atoms with Crippen LogP contribution in [0.5, 0.6) is 11.5 Å². The molecule has 3 aromatic carbocycles. The molecule has 4 nitrogen and oxygen atoms in total. The van der Waals surface area contributed by atoms with Crippen LogP contribution in [0.15, 0.2) is 78.9 Å². The quantitative estimate of drug-likeness (QED) is 0.643. The first-order valence-corrected chi connectivity index (χ1v) is 8.52. The third-order valence-electron chi connectivity index (χ3n) is 3.56. The second kappa shape index (κ2) is 8.92. The molecular weight excluding hydrogens is 350 g/mol. The topological polar surface area (TPSA) is 47.6 Å². The molecular formula is C21H18ClNO3. The van der Waals surface area contributed by atoms with Crippen LogP contribution in [0, 0.1) is 0 Å². The molecule has 0 radical (unpaired) electrons. The fourth-order valence-electron chi connectivity index (χ4n) is 2.31. The highest BCUT2D eigenvalue weighted by Crippen LogP contribution is 2.23. The maximum absolute atomic E-state index is 12.1. The molecule has 0 heterocycles. The van der Waals surface area contributed by atoms with Gasteiger partial charge in [-0.05, 0) is 29.8 Å². The van der Waals surface area contributed by atoms with Gasteiger partial charge in [-0.3, -0.25) is 4.79 Å². The first-order chi connectivity index (χ1) is 12.7. The lowest BCUT2D eigenvalue weighted by atomic mass is 10.2. The first-order valence-electron chi connectivity index (χ1n) is 8.15. The highest BCUT2D eigenvalue weighted by molar-refractivity contribution is 6.32. The molecule has 0 aliphatic rings. The normalized spacial score (nSPS) is 10.2. The van der Waals surface area contributed by atoms with Gasteiger partial charge in [-0.2, -0.15) is 0 Å². The fraction of sp³-hybridized carbons (Fsp3) is 0.0952. The molecule has 0 aliphatic heterocycles. The van der Waals surface area contributed by atoms with E-state index in [0.29, 0.717) is 28.8 Å². The molecule has 0 fully saturated rings. The number of para-hydroxylation sites is 1. The van der Waals surface area contributed by atoms with E-state index >= 15 is 0 Å². The van der Waals surface area contributed by atoms with Crippen LogP contribution in [-0.4, -0.2) is 12.5 Å². The number of anilines is 1. The van der Waals surface area contributed by atoms with Crippen molar-refractivity contribution in [3.8, 4) is 11.5 Å². The van der Waals surface area contributed by atoms with Gasteiger partial charge in [0.25, 0.3) is 5.91 Å². The summed E-state index contributed by atoms with van der Waals surface area (Å²) in [4.78, 5) is 12.1. The van der Waals surface area contributed by atoms with Crippen molar-refractivity contribution in [1.29, 1.82) is 0 Å². The van der Waals surface area contributed by atoms with Crippen molar-refractivity contribution >= 4 is 23.2 Å². The van der Waals surface area contributed by atoms with Crippen LogP contribution in [0.4, 0.5) is 5.69 Å². The zero-order chi connectivity index (χ0) is 18.2. The van der Waals surface area contributed by atoms with Crippen LogP contribution >= 0.6 is 11.6 Å². The monoisotopic (exact) mass is 367 g/mol. The van der Waals surface area contributed by atoms with Crippen LogP contribution in [0.25, 0.3) is 0 Å². The maximum atomic E-state index is 12.1. The molecule has 132 valence electrons. The Bertz CT molecular complexity index is 868. The zero-order valence-corrected chi connectivity index (χ0v) is 14.8. The van der Waals surface area contributed by atoms with E-state index in [2.05, 4.69) is 5.32 Å². The van der Waals surface area contributed by atoms with Gasteiger partial charge in [0, 0.05) is 11.8 Å². The van der Waals surface area contributed by atoms with Crippen molar-refractivity contribution < 1.29 is 14.3 Å². The Kier molecular flexibility index (Phi) is 6.12. The molecule has 3 rings (SSSR count). The summed E-state index contributed by atoms with van der Waals surface area (Å²) in [5.41, 5.74) is 1.72. The average Bonchev–Trinajstić information content (AvgIpc) is 2.67. The third kappa shape index (κ3) is 5.26. The number of carbonyl (C=O) groups excluding carboxylic acids is 1. The second-order valence-electron chi connectivity index (χ2n) is 5.57. The Morgan fingerprint density at radius 2 is 1.65 bits per heavy atom. The Morgan fingerprint density at radius 3 is 2.46 bits per heavy atom. The van der Waals surface area contributed by atoms with Gasteiger partial charge in [0.05, 0.1) is 5.02 Å².